The molecule has 16 heavy (non-hydrogen) atoms. The van der Waals surface area contributed by atoms with Gasteiger partial charge in [-0.15, -0.1) is 0 Å². The Hall–Kier alpha value is -1.16. The van der Waals surface area contributed by atoms with E-state index in [0.29, 0.717) is 10.2 Å². The Kier molecular flexibility index (Phi) is 4.68. The van der Waals surface area contributed by atoms with Crippen molar-refractivity contribution in [1.29, 1.82) is 5.26 Å². The summed E-state index contributed by atoms with van der Waals surface area (Å²) >= 11 is 3.17. The van der Waals surface area contributed by atoms with Gasteiger partial charge in [-0.25, -0.2) is 4.39 Å². The molecule has 0 aliphatic heterocycles. The average molecular weight is 289 g/mol. The maximum Gasteiger partial charge on any atom is 0.143 e. The Morgan fingerprint density at radius 2 is 2.25 bits per heavy atom. The maximum atomic E-state index is 13.2. The molecule has 0 aliphatic carbocycles. The first-order valence-electron chi connectivity index (χ1n) is 4.50. The van der Waals surface area contributed by atoms with E-state index in [1.807, 2.05) is 0 Å². The zero-order chi connectivity index (χ0) is 12.1. The van der Waals surface area contributed by atoms with Gasteiger partial charge in [-0.1, -0.05) is 0 Å². The molecule has 0 aliphatic rings. The number of aliphatic hydroxyl groups excluding tert-OH is 2. The molecule has 86 valence electrons. The summed E-state index contributed by atoms with van der Waals surface area (Å²) < 4.78 is 13.8. The number of nitrogens with zero attached hydrogens (tertiary/aromatic N) is 1. The molecule has 0 heterocycles. The topological polar surface area (TPSA) is 76.3 Å². The van der Waals surface area contributed by atoms with E-state index in [1.165, 1.54) is 6.07 Å². The van der Waals surface area contributed by atoms with Crippen molar-refractivity contribution in [1.82, 2.24) is 0 Å². The standard InChI is InChI=1S/C10H10BrFN2O2/c11-8-1-6(3-13)9(12)2-10(8)14-4-7(16)5-15/h1-2,7,14-16H,4-5H2. The predicted octanol–water partition coefficient (Wildman–Crippen LogP) is 1.22. The number of anilines is 1. The van der Waals surface area contributed by atoms with Crippen LogP contribution in [0.1, 0.15) is 5.56 Å². The summed E-state index contributed by atoms with van der Waals surface area (Å²) in [5.74, 6) is -0.633. The number of hydrogen-bond donors (Lipinski definition) is 3. The van der Waals surface area contributed by atoms with Gasteiger partial charge in [0.2, 0.25) is 0 Å². The van der Waals surface area contributed by atoms with Crippen molar-refractivity contribution in [2.45, 2.75) is 6.10 Å². The lowest BCUT2D eigenvalue weighted by atomic mass is 10.2. The molecule has 1 aromatic rings. The highest BCUT2D eigenvalue weighted by molar-refractivity contribution is 9.10. The molecule has 0 fully saturated rings. The van der Waals surface area contributed by atoms with E-state index in [-0.39, 0.29) is 18.7 Å². The molecule has 0 amide bonds. The van der Waals surface area contributed by atoms with Gasteiger partial charge in [0, 0.05) is 11.0 Å². The minimum absolute atomic E-state index is 0.0554. The summed E-state index contributed by atoms with van der Waals surface area (Å²) in [4.78, 5) is 0. The van der Waals surface area contributed by atoms with Crippen LogP contribution in [0.2, 0.25) is 0 Å². The van der Waals surface area contributed by atoms with Gasteiger partial charge in [-0.2, -0.15) is 5.26 Å². The molecule has 0 bridgehead atoms. The SMILES string of the molecule is N#Cc1cc(Br)c(NCC(O)CO)cc1F. The lowest BCUT2D eigenvalue weighted by molar-refractivity contribution is 0.105. The van der Waals surface area contributed by atoms with E-state index >= 15 is 0 Å². The number of rotatable bonds is 4. The zero-order valence-corrected chi connectivity index (χ0v) is 9.83. The maximum absolute atomic E-state index is 13.2. The Morgan fingerprint density at radius 3 is 2.81 bits per heavy atom. The highest BCUT2D eigenvalue weighted by atomic mass is 79.9. The third kappa shape index (κ3) is 3.17. The predicted molar refractivity (Wildman–Crippen MR) is 60.4 cm³/mol. The van der Waals surface area contributed by atoms with Crippen LogP contribution in [0.15, 0.2) is 16.6 Å². The summed E-state index contributed by atoms with van der Waals surface area (Å²) in [6, 6.07) is 4.23. The van der Waals surface area contributed by atoms with Crippen LogP contribution in [0, 0.1) is 17.1 Å². The average Bonchev–Trinajstić information content (AvgIpc) is 2.29. The summed E-state index contributed by atoms with van der Waals surface area (Å²) in [7, 11) is 0. The molecule has 4 nitrogen and oxygen atoms in total. The Bertz CT molecular complexity index is 420. The highest BCUT2D eigenvalue weighted by Gasteiger charge is 2.09. The van der Waals surface area contributed by atoms with Gasteiger partial charge >= 0.3 is 0 Å². The van der Waals surface area contributed by atoms with Crippen LogP contribution >= 0.6 is 15.9 Å². The van der Waals surface area contributed by atoms with Gasteiger partial charge in [-0.3, -0.25) is 0 Å². The van der Waals surface area contributed by atoms with Crippen molar-refractivity contribution in [3.05, 3.63) is 28.0 Å². The third-order valence-electron chi connectivity index (χ3n) is 1.92. The second-order valence-corrected chi connectivity index (χ2v) is 4.00. The molecular weight excluding hydrogens is 279 g/mol. The fraction of sp³-hybridized carbons (Fsp3) is 0.300. The van der Waals surface area contributed by atoms with Gasteiger partial charge in [0.25, 0.3) is 0 Å². The van der Waals surface area contributed by atoms with Gasteiger partial charge < -0.3 is 15.5 Å². The number of hydrogen-bond acceptors (Lipinski definition) is 4. The van der Waals surface area contributed by atoms with E-state index in [9.17, 15) is 4.39 Å². The minimum Gasteiger partial charge on any atom is -0.394 e. The number of nitriles is 1. The monoisotopic (exact) mass is 288 g/mol. The van der Waals surface area contributed by atoms with Crippen LogP contribution in [-0.2, 0) is 0 Å². The van der Waals surface area contributed by atoms with Crippen LogP contribution in [0.3, 0.4) is 0 Å². The van der Waals surface area contributed by atoms with E-state index in [1.54, 1.807) is 6.07 Å². The first-order chi connectivity index (χ1) is 7.58. The molecular formula is C10H10BrFN2O2. The molecule has 1 rings (SSSR count). The molecule has 6 heteroatoms. The molecule has 3 N–H and O–H groups in total. The van der Waals surface area contributed by atoms with Gasteiger partial charge in [0.05, 0.1) is 24.0 Å². The summed E-state index contributed by atoms with van der Waals surface area (Å²) in [6.07, 6.45) is -0.911. The smallest absolute Gasteiger partial charge is 0.143 e. The number of halogens is 2. The van der Waals surface area contributed by atoms with E-state index in [0.717, 1.165) is 6.07 Å². The quantitative estimate of drug-likeness (QED) is 0.779. The third-order valence-corrected chi connectivity index (χ3v) is 2.57. The Morgan fingerprint density at radius 1 is 1.56 bits per heavy atom. The number of nitrogens with one attached hydrogen (secondary N) is 1. The van der Waals surface area contributed by atoms with Crippen molar-refractivity contribution in [3.8, 4) is 6.07 Å². The molecule has 1 unspecified atom stereocenters. The highest BCUT2D eigenvalue weighted by Crippen LogP contribution is 2.25. The van der Waals surface area contributed by atoms with Gasteiger partial charge in [0.1, 0.15) is 11.9 Å². The fourth-order valence-corrected chi connectivity index (χ4v) is 1.54. The van der Waals surface area contributed by atoms with Crippen LogP contribution in [0.5, 0.6) is 0 Å². The molecule has 0 spiro atoms. The Balaban J connectivity index is 2.82. The summed E-state index contributed by atoms with van der Waals surface area (Å²) in [6.45, 7) is -0.274. The molecule has 1 aromatic carbocycles. The van der Waals surface area contributed by atoms with Crippen molar-refractivity contribution >= 4 is 21.6 Å². The number of aliphatic hydroxyl groups is 2. The van der Waals surface area contributed by atoms with Crippen LogP contribution < -0.4 is 5.32 Å². The fourth-order valence-electron chi connectivity index (χ4n) is 1.06. The number of benzene rings is 1. The van der Waals surface area contributed by atoms with Crippen molar-refractivity contribution in [3.63, 3.8) is 0 Å². The first kappa shape index (κ1) is 12.9. The van der Waals surface area contributed by atoms with Gasteiger partial charge in [-0.05, 0) is 28.1 Å². The first-order valence-corrected chi connectivity index (χ1v) is 5.29. The molecule has 1 atom stereocenters. The van der Waals surface area contributed by atoms with Crippen LogP contribution in [0.25, 0.3) is 0 Å². The van der Waals surface area contributed by atoms with E-state index in [2.05, 4.69) is 21.2 Å². The molecule has 0 aromatic heterocycles. The second kappa shape index (κ2) is 5.80. The van der Waals surface area contributed by atoms with Crippen LogP contribution in [0.4, 0.5) is 10.1 Å². The minimum atomic E-state index is -0.911. The summed E-state index contributed by atoms with van der Waals surface area (Å²) in [5, 5.41) is 29.0. The van der Waals surface area contributed by atoms with Gasteiger partial charge in [0.15, 0.2) is 0 Å². The largest absolute Gasteiger partial charge is 0.394 e. The molecule has 0 saturated carbocycles. The van der Waals surface area contributed by atoms with Crippen molar-refractivity contribution in [2.24, 2.45) is 0 Å². The lowest BCUT2D eigenvalue weighted by Crippen LogP contribution is -2.23. The van der Waals surface area contributed by atoms with E-state index < -0.39 is 11.9 Å². The lowest BCUT2D eigenvalue weighted by Gasteiger charge is -2.12. The molecule has 0 saturated heterocycles. The van der Waals surface area contributed by atoms with Crippen molar-refractivity contribution < 1.29 is 14.6 Å². The summed E-state index contributed by atoms with van der Waals surface area (Å²) in [5.41, 5.74) is 0.365. The zero-order valence-electron chi connectivity index (χ0n) is 8.24. The van der Waals surface area contributed by atoms with E-state index in [4.69, 9.17) is 15.5 Å². The van der Waals surface area contributed by atoms with Crippen LogP contribution in [-0.4, -0.2) is 29.5 Å². The Labute approximate surface area is 100 Å². The molecule has 0 radical (unpaired) electrons. The normalized spacial score (nSPS) is 11.9. The van der Waals surface area contributed by atoms with Crippen molar-refractivity contribution in [2.75, 3.05) is 18.5 Å². The second-order valence-electron chi connectivity index (χ2n) is 3.14.